The number of carbonyl (C=O) groups is 2. The molecule has 2 N–H and O–H groups in total. The highest BCUT2D eigenvalue weighted by molar-refractivity contribution is 7.98. The van der Waals surface area contributed by atoms with Crippen molar-refractivity contribution in [1.29, 1.82) is 0 Å². The predicted molar refractivity (Wildman–Crippen MR) is 95.2 cm³/mol. The van der Waals surface area contributed by atoms with Crippen LogP contribution in [0.4, 0.5) is 10.1 Å². The first-order valence-corrected chi connectivity index (χ1v) is 8.70. The summed E-state index contributed by atoms with van der Waals surface area (Å²) in [5.74, 6) is -1.17. The molecule has 0 aliphatic heterocycles. The van der Waals surface area contributed by atoms with Gasteiger partial charge in [0.05, 0.1) is 21.7 Å². The van der Waals surface area contributed by atoms with Crippen LogP contribution in [0.25, 0.3) is 0 Å². The van der Waals surface area contributed by atoms with E-state index in [1.54, 1.807) is 36.6 Å². The fourth-order valence-corrected chi connectivity index (χ4v) is 2.86. The lowest BCUT2D eigenvalue weighted by Gasteiger charge is -2.14. The molecule has 0 aliphatic rings. The number of carbonyl (C=O) groups excluding carboxylic acids is 2. The van der Waals surface area contributed by atoms with Crippen LogP contribution in [-0.4, -0.2) is 24.1 Å². The molecular weight excluding hydrogens is 327 g/mol. The third-order valence-electron chi connectivity index (χ3n) is 3.26. The fourth-order valence-electron chi connectivity index (χ4n) is 2.21. The average molecular weight is 346 g/mol. The van der Waals surface area contributed by atoms with Crippen molar-refractivity contribution in [2.75, 3.05) is 11.6 Å². The molecule has 2 amide bonds. The van der Waals surface area contributed by atoms with Crippen molar-refractivity contribution in [3.63, 3.8) is 0 Å². The average Bonchev–Trinajstić information content (AvgIpc) is 2.54. The maximum absolute atomic E-state index is 13.8. The molecule has 0 unspecified atom stereocenters. The molecule has 0 saturated heterocycles. The number of rotatable bonds is 5. The summed E-state index contributed by atoms with van der Waals surface area (Å²) in [5, 5.41) is 5.49. The smallest absolute Gasteiger partial charge is 0.256 e. The number of benzene rings is 2. The number of halogens is 1. The van der Waals surface area contributed by atoms with Crippen molar-refractivity contribution in [3.05, 3.63) is 59.4 Å². The number of hydrogen-bond acceptors (Lipinski definition) is 3. The van der Waals surface area contributed by atoms with Crippen molar-refractivity contribution in [1.82, 2.24) is 5.32 Å². The Hall–Kier alpha value is -2.34. The van der Waals surface area contributed by atoms with Gasteiger partial charge >= 0.3 is 0 Å². The third kappa shape index (κ3) is 4.14. The van der Waals surface area contributed by atoms with Gasteiger partial charge < -0.3 is 10.6 Å². The minimum atomic E-state index is -0.455. The molecule has 0 fully saturated rings. The molecule has 0 saturated carbocycles. The van der Waals surface area contributed by atoms with Crippen molar-refractivity contribution in [3.8, 4) is 0 Å². The van der Waals surface area contributed by atoms with E-state index in [9.17, 15) is 14.0 Å². The normalized spacial score (nSPS) is 10.5. The lowest BCUT2D eigenvalue weighted by atomic mass is 10.1. The Balaban J connectivity index is 2.31. The minimum Gasteiger partial charge on any atom is -0.350 e. The largest absolute Gasteiger partial charge is 0.350 e. The standard InChI is InChI=1S/C18H19FN2O2S/c1-11(2)20-17(22)12-7-4-5-10-15(12)21-18(23)13-8-6-9-14(19)16(13)24-3/h4-11H,1-3H3,(H,20,22)(H,21,23). The molecule has 2 aromatic rings. The summed E-state index contributed by atoms with van der Waals surface area (Å²) in [6.07, 6.45) is 1.71. The Labute approximate surface area is 144 Å². The molecule has 126 valence electrons. The summed E-state index contributed by atoms with van der Waals surface area (Å²) >= 11 is 1.16. The SMILES string of the molecule is CSc1c(F)cccc1C(=O)Nc1ccccc1C(=O)NC(C)C. The molecule has 0 spiro atoms. The molecule has 0 bridgehead atoms. The highest BCUT2D eigenvalue weighted by Crippen LogP contribution is 2.25. The summed E-state index contributed by atoms with van der Waals surface area (Å²) in [6.45, 7) is 3.72. The minimum absolute atomic E-state index is 0.0208. The molecular formula is C18H19FN2O2S. The van der Waals surface area contributed by atoms with Gasteiger partial charge in [0.1, 0.15) is 5.82 Å². The van der Waals surface area contributed by atoms with Crippen molar-refractivity contribution < 1.29 is 14.0 Å². The maximum Gasteiger partial charge on any atom is 0.256 e. The number of thioether (sulfide) groups is 1. The summed E-state index contributed by atoms with van der Waals surface area (Å²) in [7, 11) is 0. The zero-order valence-corrected chi connectivity index (χ0v) is 14.5. The molecule has 0 atom stereocenters. The van der Waals surface area contributed by atoms with Gasteiger partial charge in [0.15, 0.2) is 0 Å². The fraction of sp³-hybridized carbons (Fsp3) is 0.222. The van der Waals surface area contributed by atoms with Crippen LogP contribution < -0.4 is 10.6 Å². The molecule has 24 heavy (non-hydrogen) atoms. The molecule has 0 radical (unpaired) electrons. The van der Waals surface area contributed by atoms with E-state index < -0.39 is 11.7 Å². The Morgan fingerprint density at radius 3 is 2.33 bits per heavy atom. The van der Waals surface area contributed by atoms with Gasteiger partial charge in [-0.05, 0) is 44.4 Å². The van der Waals surface area contributed by atoms with E-state index in [0.29, 0.717) is 11.3 Å². The highest BCUT2D eigenvalue weighted by Gasteiger charge is 2.18. The highest BCUT2D eigenvalue weighted by atomic mass is 32.2. The monoisotopic (exact) mass is 346 g/mol. The number of para-hydroxylation sites is 1. The molecule has 0 aromatic heterocycles. The topological polar surface area (TPSA) is 58.2 Å². The van der Waals surface area contributed by atoms with Crippen LogP contribution >= 0.6 is 11.8 Å². The zero-order chi connectivity index (χ0) is 17.7. The van der Waals surface area contributed by atoms with E-state index in [1.807, 2.05) is 13.8 Å². The second kappa shape index (κ2) is 7.97. The quantitative estimate of drug-likeness (QED) is 0.806. The first-order chi connectivity index (χ1) is 11.4. The predicted octanol–water partition coefficient (Wildman–Crippen LogP) is 3.94. The van der Waals surface area contributed by atoms with Crippen LogP contribution in [0.2, 0.25) is 0 Å². The van der Waals surface area contributed by atoms with Crippen LogP contribution in [0, 0.1) is 5.82 Å². The van der Waals surface area contributed by atoms with Gasteiger partial charge in [-0.25, -0.2) is 4.39 Å². The summed E-state index contributed by atoms with van der Waals surface area (Å²) in [5.41, 5.74) is 0.986. The number of amides is 2. The number of anilines is 1. The lowest BCUT2D eigenvalue weighted by Crippen LogP contribution is -2.31. The van der Waals surface area contributed by atoms with Crippen LogP contribution in [0.1, 0.15) is 34.6 Å². The van der Waals surface area contributed by atoms with E-state index in [-0.39, 0.29) is 22.4 Å². The van der Waals surface area contributed by atoms with Gasteiger partial charge in [0.2, 0.25) is 0 Å². The Kier molecular flexibility index (Phi) is 5.98. The number of nitrogens with one attached hydrogen (secondary N) is 2. The first-order valence-electron chi connectivity index (χ1n) is 7.47. The van der Waals surface area contributed by atoms with E-state index in [1.165, 1.54) is 12.1 Å². The van der Waals surface area contributed by atoms with Crippen molar-refractivity contribution in [2.45, 2.75) is 24.8 Å². The van der Waals surface area contributed by atoms with Gasteiger partial charge in [-0.3, -0.25) is 9.59 Å². The van der Waals surface area contributed by atoms with Crippen molar-refractivity contribution in [2.24, 2.45) is 0 Å². The van der Waals surface area contributed by atoms with Gasteiger partial charge in [-0.2, -0.15) is 0 Å². The lowest BCUT2D eigenvalue weighted by molar-refractivity contribution is 0.0944. The Bertz CT molecular complexity index is 762. The van der Waals surface area contributed by atoms with Crippen LogP contribution in [-0.2, 0) is 0 Å². The second-order valence-electron chi connectivity index (χ2n) is 5.45. The zero-order valence-electron chi connectivity index (χ0n) is 13.7. The van der Waals surface area contributed by atoms with Gasteiger partial charge in [0.25, 0.3) is 11.8 Å². The molecule has 2 rings (SSSR count). The molecule has 0 heterocycles. The van der Waals surface area contributed by atoms with E-state index >= 15 is 0 Å². The van der Waals surface area contributed by atoms with Crippen molar-refractivity contribution >= 4 is 29.3 Å². The van der Waals surface area contributed by atoms with Crippen LogP contribution in [0.15, 0.2) is 47.4 Å². The molecule has 6 heteroatoms. The molecule has 0 aliphatic carbocycles. The van der Waals surface area contributed by atoms with Crippen LogP contribution in [0.3, 0.4) is 0 Å². The summed E-state index contributed by atoms with van der Waals surface area (Å²) in [4.78, 5) is 25.0. The van der Waals surface area contributed by atoms with E-state index in [4.69, 9.17) is 0 Å². The molecule has 4 nitrogen and oxygen atoms in total. The Morgan fingerprint density at radius 2 is 1.67 bits per heavy atom. The van der Waals surface area contributed by atoms with Gasteiger partial charge in [-0.1, -0.05) is 18.2 Å². The van der Waals surface area contributed by atoms with Crippen LogP contribution in [0.5, 0.6) is 0 Å². The van der Waals surface area contributed by atoms with Gasteiger partial charge in [0, 0.05) is 6.04 Å². The second-order valence-corrected chi connectivity index (χ2v) is 6.27. The first kappa shape index (κ1) is 18.0. The summed E-state index contributed by atoms with van der Waals surface area (Å²) in [6, 6.07) is 11.1. The van der Waals surface area contributed by atoms with E-state index in [0.717, 1.165) is 11.8 Å². The van der Waals surface area contributed by atoms with Gasteiger partial charge in [-0.15, -0.1) is 11.8 Å². The Morgan fingerprint density at radius 1 is 1.00 bits per heavy atom. The third-order valence-corrected chi connectivity index (χ3v) is 4.08. The number of hydrogen-bond donors (Lipinski definition) is 2. The maximum atomic E-state index is 13.8. The molecule has 2 aromatic carbocycles. The summed E-state index contributed by atoms with van der Waals surface area (Å²) < 4.78 is 13.8. The van der Waals surface area contributed by atoms with E-state index in [2.05, 4.69) is 10.6 Å².